The molecular formula is C22H23F2N5S2. The Morgan fingerprint density at radius 2 is 1.97 bits per heavy atom. The summed E-state index contributed by atoms with van der Waals surface area (Å²) in [5.41, 5.74) is 8.22. The number of aromatic nitrogens is 2. The molecule has 0 radical (unpaired) electrons. The van der Waals surface area contributed by atoms with Crippen LogP contribution in [0.3, 0.4) is 0 Å². The summed E-state index contributed by atoms with van der Waals surface area (Å²) in [6, 6.07) is 11.7. The number of aryl methyl sites for hydroxylation is 2. The van der Waals surface area contributed by atoms with Crippen molar-refractivity contribution in [3.05, 3.63) is 75.8 Å². The fraction of sp³-hybridized carbons (Fsp3) is 0.318. The quantitative estimate of drug-likeness (QED) is 0.526. The predicted octanol–water partition coefficient (Wildman–Crippen LogP) is 5.19. The molecule has 31 heavy (non-hydrogen) atoms. The van der Waals surface area contributed by atoms with Crippen LogP contribution in [0.2, 0.25) is 0 Å². The molecular weight excluding hydrogens is 436 g/mol. The zero-order valence-electron chi connectivity index (χ0n) is 17.3. The van der Waals surface area contributed by atoms with E-state index < -0.39 is 16.5 Å². The van der Waals surface area contributed by atoms with E-state index in [9.17, 15) is 8.78 Å². The summed E-state index contributed by atoms with van der Waals surface area (Å²) in [5, 5.41) is 16.8. The topological polar surface area (TPSA) is 67.4 Å². The summed E-state index contributed by atoms with van der Waals surface area (Å²) in [4.78, 5) is -0.690. The number of hydrogen-bond donors (Lipinski definition) is 1. The zero-order chi connectivity index (χ0) is 22.0. The van der Waals surface area contributed by atoms with Gasteiger partial charge in [0.15, 0.2) is 0 Å². The molecule has 2 heterocycles. The Morgan fingerprint density at radius 3 is 2.68 bits per heavy atom. The van der Waals surface area contributed by atoms with Crippen LogP contribution in [0.1, 0.15) is 41.5 Å². The van der Waals surface area contributed by atoms with E-state index in [1.165, 1.54) is 34.7 Å². The van der Waals surface area contributed by atoms with Crippen molar-refractivity contribution < 1.29 is 8.78 Å². The van der Waals surface area contributed by atoms with E-state index in [0.29, 0.717) is 23.1 Å². The van der Waals surface area contributed by atoms with Crippen molar-refractivity contribution in [2.75, 3.05) is 11.6 Å². The number of halogens is 2. The van der Waals surface area contributed by atoms with Gasteiger partial charge in [-0.25, -0.2) is 13.8 Å². The zero-order valence-corrected chi connectivity index (χ0v) is 18.9. The summed E-state index contributed by atoms with van der Waals surface area (Å²) >= 11 is 2.83. The second-order valence-electron chi connectivity index (χ2n) is 7.28. The molecule has 5 nitrogen and oxygen atoms in total. The Balaban J connectivity index is 1.90. The maximum atomic E-state index is 14.7. The van der Waals surface area contributed by atoms with Crippen LogP contribution in [0.25, 0.3) is 0 Å². The molecule has 1 aliphatic heterocycles. The predicted molar refractivity (Wildman–Crippen MR) is 123 cm³/mol. The average molecular weight is 460 g/mol. The number of benzene rings is 2. The SMILES string of the molecule is CCc1cccc(C2(CCCN)SC(c3cc(F)ccc3F)=NN2c2nnc(C)s2)c1. The minimum atomic E-state index is -0.690. The van der Waals surface area contributed by atoms with Gasteiger partial charge >= 0.3 is 0 Å². The highest BCUT2D eigenvalue weighted by molar-refractivity contribution is 8.15. The van der Waals surface area contributed by atoms with Gasteiger partial charge in [-0.3, -0.25) is 0 Å². The molecule has 2 N–H and O–H groups in total. The number of rotatable bonds is 7. The fourth-order valence-corrected chi connectivity index (χ4v) is 5.77. The molecule has 1 atom stereocenters. The third kappa shape index (κ3) is 4.22. The van der Waals surface area contributed by atoms with Gasteiger partial charge in [-0.05, 0) is 62.1 Å². The van der Waals surface area contributed by atoms with Crippen LogP contribution >= 0.6 is 23.1 Å². The molecule has 0 aliphatic carbocycles. The summed E-state index contributed by atoms with van der Waals surface area (Å²) < 4.78 is 28.6. The second-order valence-corrected chi connectivity index (χ2v) is 9.70. The van der Waals surface area contributed by atoms with E-state index in [4.69, 9.17) is 10.8 Å². The first kappa shape index (κ1) is 21.9. The molecule has 0 saturated heterocycles. The van der Waals surface area contributed by atoms with Crippen LogP contribution in [0, 0.1) is 18.6 Å². The largest absolute Gasteiger partial charge is 0.330 e. The van der Waals surface area contributed by atoms with Crippen molar-refractivity contribution in [3.63, 3.8) is 0 Å². The fourth-order valence-electron chi connectivity index (χ4n) is 3.59. The van der Waals surface area contributed by atoms with Gasteiger partial charge in [0.05, 0.1) is 0 Å². The van der Waals surface area contributed by atoms with Gasteiger partial charge in [-0.15, -0.1) is 10.2 Å². The normalized spacial score (nSPS) is 18.5. The van der Waals surface area contributed by atoms with Gasteiger partial charge in [0.1, 0.15) is 26.6 Å². The van der Waals surface area contributed by atoms with E-state index in [0.717, 1.165) is 35.5 Å². The molecule has 1 aliphatic rings. The first-order chi connectivity index (χ1) is 15.0. The van der Waals surface area contributed by atoms with Crippen LogP contribution in [-0.2, 0) is 11.3 Å². The van der Waals surface area contributed by atoms with E-state index in [1.54, 1.807) is 0 Å². The molecule has 0 saturated carbocycles. The van der Waals surface area contributed by atoms with Crippen LogP contribution < -0.4 is 10.7 Å². The Labute approximate surface area is 188 Å². The Kier molecular flexibility index (Phi) is 6.36. The number of nitrogens with zero attached hydrogens (tertiary/aromatic N) is 4. The minimum Gasteiger partial charge on any atom is -0.330 e. The third-order valence-corrected chi connectivity index (χ3v) is 7.42. The number of anilines is 1. The third-order valence-electron chi connectivity index (χ3n) is 5.16. The monoisotopic (exact) mass is 459 g/mol. The van der Waals surface area contributed by atoms with Gasteiger partial charge < -0.3 is 5.73 Å². The van der Waals surface area contributed by atoms with Gasteiger partial charge in [-0.1, -0.05) is 54.3 Å². The molecule has 0 fully saturated rings. The average Bonchev–Trinajstić information content (AvgIpc) is 3.38. The van der Waals surface area contributed by atoms with Gasteiger partial charge in [0.25, 0.3) is 0 Å². The second kappa shape index (κ2) is 9.02. The highest BCUT2D eigenvalue weighted by atomic mass is 32.2. The lowest BCUT2D eigenvalue weighted by molar-refractivity contribution is 0.524. The van der Waals surface area contributed by atoms with Crippen LogP contribution in [0.4, 0.5) is 13.9 Å². The number of thioether (sulfide) groups is 1. The van der Waals surface area contributed by atoms with Gasteiger partial charge in [0, 0.05) is 5.56 Å². The lowest BCUT2D eigenvalue weighted by Crippen LogP contribution is -2.38. The maximum absolute atomic E-state index is 14.7. The van der Waals surface area contributed by atoms with Crippen molar-refractivity contribution >= 4 is 33.3 Å². The summed E-state index contributed by atoms with van der Waals surface area (Å²) in [5.74, 6) is -1.02. The Morgan fingerprint density at radius 1 is 1.13 bits per heavy atom. The molecule has 0 spiro atoms. The van der Waals surface area contributed by atoms with Crippen molar-refractivity contribution in [1.29, 1.82) is 0 Å². The number of hydrogen-bond acceptors (Lipinski definition) is 7. The lowest BCUT2D eigenvalue weighted by Gasteiger charge is -2.35. The first-order valence-electron chi connectivity index (χ1n) is 10.1. The summed E-state index contributed by atoms with van der Waals surface area (Å²) in [6.07, 6.45) is 2.27. The molecule has 2 aromatic carbocycles. The molecule has 1 unspecified atom stereocenters. The molecule has 3 aromatic rings. The number of nitrogens with two attached hydrogens (primary N) is 1. The van der Waals surface area contributed by atoms with E-state index >= 15 is 0 Å². The Bertz CT molecular complexity index is 1120. The Hall–Kier alpha value is -2.36. The standard InChI is InChI=1S/C22H23F2N5S2/c1-3-15-6-4-7-16(12-15)22(10-5-11-25)29(21-27-26-14(2)30-21)28-20(31-22)18-13-17(23)8-9-19(18)24/h4,6-9,12-13H,3,5,10-11,25H2,1-2H3. The van der Waals surface area contributed by atoms with E-state index in [1.807, 2.05) is 24.1 Å². The molecule has 4 rings (SSSR count). The van der Waals surface area contributed by atoms with Crippen LogP contribution in [-0.4, -0.2) is 21.8 Å². The molecule has 0 bridgehead atoms. The van der Waals surface area contributed by atoms with Crippen LogP contribution in [0.5, 0.6) is 0 Å². The molecule has 162 valence electrons. The van der Waals surface area contributed by atoms with E-state index in [2.05, 4.69) is 29.3 Å². The van der Waals surface area contributed by atoms with E-state index in [-0.39, 0.29) is 5.56 Å². The van der Waals surface area contributed by atoms with Crippen molar-refractivity contribution in [2.24, 2.45) is 10.8 Å². The van der Waals surface area contributed by atoms with Crippen molar-refractivity contribution in [2.45, 2.75) is 38.0 Å². The summed E-state index contributed by atoms with van der Waals surface area (Å²) in [7, 11) is 0. The highest BCUT2D eigenvalue weighted by Gasteiger charge is 2.47. The smallest absolute Gasteiger partial charge is 0.230 e. The van der Waals surface area contributed by atoms with Crippen molar-refractivity contribution in [1.82, 2.24) is 10.2 Å². The van der Waals surface area contributed by atoms with Gasteiger partial charge in [-0.2, -0.15) is 5.10 Å². The summed E-state index contributed by atoms with van der Waals surface area (Å²) in [6.45, 7) is 4.48. The highest BCUT2D eigenvalue weighted by Crippen LogP contribution is 2.52. The number of hydrazone groups is 1. The molecule has 0 amide bonds. The first-order valence-corrected chi connectivity index (χ1v) is 11.7. The maximum Gasteiger partial charge on any atom is 0.230 e. The lowest BCUT2D eigenvalue weighted by atomic mass is 9.98. The minimum absolute atomic E-state index is 0.137. The molecule has 1 aromatic heterocycles. The van der Waals surface area contributed by atoms with Crippen LogP contribution in [0.15, 0.2) is 47.6 Å². The van der Waals surface area contributed by atoms with Gasteiger partial charge in [0.2, 0.25) is 5.13 Å². The molecule has 9 heteroatoms. The van der Waals surface area contributed by atoms with Crippen molar-refractivity contribution in [3.8, 4) is 0 Å².